The number of carbonyl (C=O) groups excluding carboxylic acids is 1. The van der Waals surface area contributed by atoms with Gasteiger partial charge in [-0.25, -0.2) is 8.42 Å². The van der Waals surface area contributed by atoms with Crippen molar-refractivity contribution < 1.29 is 17.6 Å². The molecule has 2 heterocycles. The molecule has 1 fully saturated rings. The summed E-state index contributed by atoms with van der Waals surface area (Å²) < 4.78 is 29.4. The third kappa shape index (κ3) is 4.25. The molecule has 0 unspecified atom stereocenters. The number of rotatable bonds is 5. The molecule has 0 radical (unpaired) electrons. The summed E-state index contributed by atoms with van der Waals surface area (Å²) in [7, 11) is -3.05. The molecule has 134 valence electrons. The van der Waals surface area contributed by atoms with Gasteiger partial charge in [-0.05, 0) is 42.8 Å². The third-order valence-corrected chi connectivity index (χ3v) is 6.39. The van der Waals surface area contributed by atoms with Crippen molar-refractivity contribution in [3.05, 3.63) is 47.2 Å². The lowest BCUT2D eigenvalue weighted by Gasteiger charge is -2.27. The van der Waals surface area contributed by atoms with Gasteiger partial charge in [0.2, 0.25) is 5.91 Å². The van der Waals surface area contributed by atoms with E-state index in [9.17, 15) is 13.2 Å². The van der Waals surface area contributed by atoms with Crippen molar-refractivity contribution in [2.24, 2.45) is 0 Å². The van der Waals surface area contributed by atoms with E-state index in [-0.39, 0.29) is 30.0 Å². The smallest absolute Gasteiger partial charge is 0.222 e. The van der Waals surface area contributed by atoms with Crippen LogP contribution in [0.1, 0.15) is 25.5 Å². The van der Waals surface area contributed by atoms with Gasteiger partial charge in [0.1, 0.15) is 11.5 Å². The lowest BCUT2D eigenvalue weighted by Crippen LogP contribution is -2.40. The van der Waals surface area contributed by atoms with Gasteiger partial charge in [0.25, 0.3) is 0 Å². The van der Waals surface area contributed by atoms with E-state index < -0.39 is 9.84 Å². The van der Waals surface area contributed by atoms with E-state index in [1.54, 1.807) is 24.0 Å². The van der Waals surface area contributed by atoms with Gasteiger partial charge in [-0.2, -0.15) is 0 Å². The van der Waals surface area contributed by atoms with Crippen molar-refractivity contribution >= 4 is 27.3 Å². The van der Waals surface area contributed by atoms with Crippen LogP contribution < -0.4 is 0 Å². The van der Waals surface area contributed by atoms with Crippen LogP contribution in [0.2, 0.25) is 5.02 Å². The summed E-state index contributed by atoms with van der Waals surface area (Å²) in [5.74, 6) is 1.43. The van der Waals surface area contributed by atoms with Gasteiger partial charge in [-0.1, -0.05) is 18.5 Å². The van der Waals surface area contributed by atoms with E-state index in [0.717, 1.165) is 5.56 Å². The van der Waals surface area contributed by atoms with Gasteiger partial charge in [0.05, 0.1) is 18.1 Å². The minimum absolute atomic E-state index is 0.0312. The fraction of sp³-hybridized carbons (Fsp3) is 0.389. The first-order valence-electron chi connectivity index (χ1n) is 8.22. The summed E-state index contributed by atoms with van der Waals surface area (Å²) in [6, 6.07) is 10.7. The van der Waals surface area contributed by atoms with Crippen molar-refractivity contribution in [2.45, 2.75) is 32.4 Å². The van der Waals surface area contributed by atoms with Gasteiger partial charge in [0.15, 0.2) is 9.84 Å². The average molecular weight is 382 g/mol. The Morgan fingerprint density at radius 1 is 1.24 bits per heavy atom. The predicted molar refractivity (Wildman–Crippen MR) is 97.1 cm³/mol. The molecule has 1 aliphatic heterocycles. The average Bonchev–Trinajstić information content (AvgIpc) is 3.19. The van der Waals surface area contributed by atoms with Crippen LogP contribution >= 0.6 is 11.6 Å². The fourth-order valence-electron chi connectivity index (χ4n) is 3.05. The van der Waals surface area contributed by atoms with E-state index in [2.05, 4.69) is 0 Å². The third-order valence-electron chi connectivity index (χ3n) is 4.39. The molecule has 25 heavy (non-hydrogen) atoms. The van der Waals surface area contributed by atoms with E-state index in [1.165, 1.54) is 0 Å². The number of nitrogens with zero attached hydrogens (tertiary/aromatic N) is 1. The predicted octanol–water partition coefficient (Wildman–Crippen LogP) is 3.53. The highest BCUT2D eigenvalue weighted by atomic mass is 35.5. The molecule has 7 heteroatoms. The topological polar surface area (TPSA) is 67.6 Å². The Morgan fingerprint density at radius 3 is 2.56 bits per heavy atom. The van der Waals surface area contributed by atoms with E-state index >= 15 is 0 Å². The van der Waals surface area contributed by atoms with Gasteiger partial charge in [-0.15, -0.1) is 0 Å². The van der Waals surface area contributed by atoms with Crippen molar-refractivity contribution in [1.82, 2.24) is 4.90 Å². The van der Waals surface area contributed by atoms with E-state index in [4.69, 9.17) is 16.0 Å². The highest BCUT2D eigenvalue weighted by molar-refractivity contribution is 7.91. The van der Waals surface area contributed by atoms with Crippen LogP contribution in [-0.2, 0) is 21.2 Å². The van der Waals surface area contributed by atoms with Crippen molar-refractivity contribution in [2.75, 3.05) is 11.5 Å². The van der Waals surface area contributed by atoms with Gasteiger partial charge < -0.3 is 9.32 Å². The van der Waals surface area contributed by atoms with Crippen molar-refractivity contribution in [3.8, 4) is 11.3 Å². The number of halogens is 1. The first-order chi connectivity index (χ1) is 11.9. The number of furan rings is 1. The number of benzene rings is 1. The molecule has 1 aromatic heterocycles. The zero-order valence-corrected chi connectivity index (χ0v) is 15.5. The van der Waals surface area contributed by atoms with Crippen LogP contribution in [0.3, 0.4) is 0 Å². The largest absolute Gasteiger partial charge is 0.459 e. The summed E-state index contributed by atoms with van der Waals surface area (Å²) in [6.45, 7) is 2.06. The van der Waals surface area contributed by atoms with E-state index in [1.807, 2.05) is 24.3 Å². The van der Waals surface area contributed by atoms with Gasteiger partial charge >= 0.3 is 0 Å². The lowest BCUT2D eigenvalue weighted by atomic mass is 10.2. The second-order valence-electron chi connectivity index (χ2n) is 6.20. The highest BCUT2D eigenvalue weighted by Gasteiger charge is 2.34. The molecule has 5 nitrogen and oxygen atoms in total. The number of hydrogen-bond acceptors (Lipinski definition) is 4. The summed E-state index contributed by atoms with van der Waals surface area (Å²) in [4.78, 5) is 13.9. The molecule has 1 atom stereocenters. The molecule has 0 spiro atoms. The Labute approximate surface area is 152 Å². The SMILES string of the molecule is CCC(=O)N(Cc1ccc(-c2ccc(Cl)cc2)o1)[C@@H]1CCS(=O)(=O)C1. The number of amides is 1. The molecule has 1 aliphatic rings. The Balaban J connectivity index is 1.78. The Bertz CT molecular complexity index is 857. The van der Waals surface area contributed by atoms with Gasteiger partial charge in [-0.3, -0.25) is 4.79 Å². The van der Waals surface area contributed by atoms with Gasteiger partial charge in [0, 0.05) is 23.0 Å². The quantitative estimate of drug-likeness (QED) is 0.794. The molecule has 2 aromatic rings. The molecule has 1 amide bonds. The molecule has 0 saturated carbocycles. The first-order valence-corrected chi connectivity index (χ1v) is 10.4. The fourth-order valence-corrected chi connectivity index (χ4v) is 4.90. The van der Waals surface area contributed by atoms with Crippen molar-refractivity contribution in [3.63, 3.8) is 0 Å². The van der Waals surface area contributed by atoms with Crippen molar-refractivity contribution in [1.29, 1.82) is 0 Å². The van der Waals surface area contributed by atoms with Crippen LogP contribution in [0.4, 0.5) is 0 Å². The van der Waals surface area contributed by atoms with Crippen LogP contribution in [0.15, 0.2) is 40.8 Å². The normalized spacial score (nSPS) is 19.0. The molecular formula is C18H20ClNO4S. The van der Waals surface area contributed by atoms with Crippen LogP contribution in [-0.4, -0.2) is 36.8 Å². The number of hydrogen-bond donors (Lipinski definition) is 0. The monoisotopic (exact) mass is 381 g/mol. The molecule has 1 aromatic carbocycles. The maximum atomic E-state index is 12.3. The Kier molecular flexibility index (Phi) is 5.20. The summed E-state index contributed by atoms with van der Waals surface area (Å²) >= 11 is 5.90. The summed E-state index contributed by atoms with van der Waals surface area (Å²) in [5, 5.41) is 0.651. The molecule has 0 aliphatic carbocycles. The molecular weight excluding hydrogens is 362 g/mol. The maximum Gasteiger partial charge on any atom is 0.222 e. The number of carbonyl (C=O) groups is 1. The maximum absolute atomic E-state index is 12.3. The minimum atomic E-state index is -3.05. The van der Waals surface area contributed by atoms with Crippen LogP contribution in [0.5, 0.6) is 0 Å². The Hall–Kier alpha value is -1.79. The minimum Gasteiger partial charge on any atom is -0.459 e. The molecule has 3 rings (SSSR count). The van der Waals surface area contributed by atoms with Crippen LogP contribution in [0, 0.1) is 0 Å². The van der Waals surface area contributed by atoms with Crippen LogP contribution in [0.25, 0.3) is 11.3 Å². The second-order valence-corrected chi connectivity index (χ2v) is 8.87. The first kappa shape index (κ1) is 18.0. The lowest BCUT2D eigenvalue weighted by molar-refractivity contribution is -0.133. The highest BCUT2D eigenvalue weighted by Crippen LogP contribution is 2.26. The second kappa shape index (κ2) is 7.22. The Morgan fingerprint density at radius 2 is 1.96 bits per heavy atom. The zero-order chi connectivity index (χ0) is 18.0. The summed E-state index contributed by atoms with van der Waals surface area (Å²) in [5.41, 5.74) is 0.896. The zero-order valence-electron chi connectivity index (χ0n) is 13.9. The van der Waals surface area contributed by atoms with E-state index in [0.29, 0.717) is 29.4 Å². The molecule has 0 N–H and O–H groups in total. The summed E-state index contributed by atoms with van der Waals surface area (Å²) in [6.07, 6.45) is 0.820. The number of sulfone groups is 1. The molecule has 1 saturated heterocycles. The molecule has 0 bridgehead atoms. The standard InChI is InChI=1S/C18H20ClNO4S/c1-2-18(21)20(15-9-10-25(22,23)12-15)11-16-7-8-17(24-16)13-3-5-14(19)6-4-13/h3-8,15H,2,9-12H2,1H3/t15-/m1/s1.